The zero-order valence-electron chi connectivity index (χ0n) is 13.5. The van der Waals surface area contributed by atoms with Crippen molar-refractivity contribution < 1.29 is 30.5 Å². The molecule has 0 spiro atoms. The summed E-state index contributed by atoms with van der Waals surface area (Å²) in [4.78, 5) is 2.15. The molecule has 0 aliphatic carbocycles. The average Bonchev–Trinajstić information content (AvgIpc) is 3.00. The van der Waals surface area contributed by atoms with Crippen LogP contribution in [0.25, 0.3) is 5.57 Å². The van der Waals surface area contributed by atoms with Gasteiger partial charge in [0, 0.05) is 24.6 Å². The number of fused-ring (bicyclic) bond motifs is 1. The molecule has 0 unspecified atom stereocenters. The van der Waals surface area contributed by atoms with Gasteiger partial charge in [0.1, 0.15) is 11.5 Å². The molecular weight excluding hydrogens is 359 g/mol. The molecule has 2 aliphatic heterocycles. The summed E-state index contributed by atoms with van der Waals surface area (Å²) in [6.07, 6.45) is 1.89. The van der Waals surface area contributed by atoms with Crippen molar-refractivity contribution in [1.82, 2.24) is 4.90 Å². The Hall–Kier alpha value is -1.74. The first-order chi connectivity index (χ1) is 11.7. The lowest BCUT2D eigenvalue weighted by Gasteiger charge is -2.33. The van der Waals surface area contributed by atoms with Crippen LogP contribution in [0.1, 0.15) is 24.8 Å². The minimum absolute atomic E-state index is 0.0143. The fraction of sp³-hybridized carbons (Fsp3) is 0.500. The van der Waals surface area contributed by atoms with E-state index in [1.165, 1.54) is 7.11 Å². The highest BCUT2D eigenvalue weighted by molar-refractivity contribution is 7.87. The fourth-order valence-electron chi connectivity index (χ4n) is 3.27. The zero-order valence-corrected chi connectivity index (χ0v) is 14.4. The van der Waals surface area contributed by atoms with Crippen LogP contribution in [-0.4, -0.2) is 45.1 Å². The lowest BCUT2D eigenvalue weighted by atomic mass is 9.96. The van der Waals surface area contributed by atoms with Gasteiger partial charge < -0.3 is 8.92 Å². The average molecular weight is 377 g/mol. The van der Waals surface area contributed by atoms with Gasteiger partial charge in [0.25, 0.3) is 0 Å². The van der Waals surface area contributed by atoms with Gasteiger partial charge in [-0.05, 0) is 37.1 Å². The van der Waals surface area contributed by atoms with Gasteiger partial charge in [-0.15, -0.1) is 0 Å². The Morgan fingerprint density at radius 1 is 1.20 bits per heavy atom. The largest absolute Gasteiger partial charge is 0.534 e. The van der Waals surface area contributed by atoms with Crippen LogP contribution in [0.15, 0.2) is 30.0 Å². The molecule has 0 radical (unpaired) electrons. The third-order valence-corrected chi connectivity index (χ3v) is 5.54. The maximum Gasteiger partial charge on any atom is 0.534 e. The minimum atomic E-state index is -5.68. The van der Waals surface area contributed by atoms with Gasteiger partial charge in [0.15, 0.2) is 0 Å². The second-order valence-electron chi connectivity index (χ2n) is 6.08. The standard InChI is InChI=1S/C16H18F3NO4S/c1-23-13-6-4-11(5-7-13)14-10-20-8-2-3-12(20)9-15(14)24-25(21,22)16(17,18)19/h4-7,12H,2-3,8-10H2,1H3/t12-/m0/s1. The van der Waals surface area contributed by atoms with Crippen LogP contribution in [0.2, 0.25) is 0 Å². The number of rotatable bonds is 4. The highest BCUT2D eigenvalue weighted by Gasteiger charge is 2.49. The molecule has 2 aliphatic rings. The van der Waals surface area contributed by atoms with E-state index in [4.69, 9.17) is 4.74 Å². The topological polar surface area (TPSA) is 55.8 Å². The molecule has 9 heteroatoms. The summed E-state index contributed by atoms with van der Waals surface area (Å²) in [5, 5.41) is 0. The monoisotopic (exact) mass is 377 g/mol. The van der Waals surface area contributed by atoms with Crippen molar-refractivity contribution in [3.8, 4) is 5.75 Å². The van der Waals surface area contributed by atoms with Crippen LogP contribution in [0.3, 0.4) is 0 Å². The molecule has 3 rings (SSSR count). The molecular formula is C16H18F3NO4S. The molecule has 0 N–H and O–H groups in total. The Bertz CT molecular complexity index is 772. The lowest BCUT2D eigenvalue weighted by Crippen LogP contribution is -2.37. The zero-order chi connectivity index (χ0) is 18.2. The van der Waals surface area contributed by atoms with Gasteiger partial charge in [-0.25, -0.2) is 0 Å². The first kappa shape index (κ1) is 18.1. The Morgan fingerprint density at radius 2 is 1.88 bits per heavy atom. The number of methoxy groups -OCH3 is 1. The second kappa shape index (κ2) is 6.53. The normalized spacial score (nSPS) is 22.0. The first-order valence-electron chi connectivity index (χ1n) is 7.82. The van der Waals surface area contributed by atoms with Crippen molar-refractivity contribution in [1.29, 1.82) is 0 Å². The first-order valence-corrected chi connectivity index (χ1v) is 9.23. The van der Waals surface area contributed by atoms with Crippen LogP contribution in [-0.2, 0) is 14.3 Å². The van der Waals surface area contributed by atoms with Crippen LogP contribution in [0, 0.1) is 0 Å². The van der Waals surface area contributed by atoms with E-state index in [2.05, 4.69) is 9.08 Å². The maximum absolute atomic E-state index is 12.7. The molecule has 2 heterocycles. The number of ether oxygens (including phenoxy) is 1. The van der Waals surface area contributed by atoms with Gasteiger partial charge >= 0.3 is 15.6 Å². The summed E-state index contributed by atoms with van der Waals surface area (Å²) < 4.78 is 70.7. The van der Waals surface area contributed by atoms with Crippen molar-refractivity contribution in [3.05, 3.63) is 35.6 Å². The van der Waals surface area contributed by atoms with Gasteiger partial charge in [-0.3, -0.25) is 4.90 Å². The van der Waals surface area contributed by atoms with E-state index in [0.29, 0.717) is 23.4 Å². The van der Waals surface area contributed by atoms with E-state index >= 15 is 0 Å². The van der Waals surface area contributed by atoms with Gasteiger partial charge in [0.2, 0.25) is 0 Å². The van der Waals surface area contributed by atoms with Crippen molar-refractivity contribution >= 4 is 15.7 Å². The van der Waals surface area contributed by atoms with Crippen LogP contribution in [0.4, 0.5) is 13.2 Å². The number of hydrogen-bond donors (Lipinski definition) is 0. The summed E-state index contributed by atoms with van der Waals surface area (Å²) in [7, 11) is -4.17. The van der Waals surface area contributed by atoms with Gasteiger partial charge in [0.05, 0.1) is 7.11 Å². The second-order valence-corrected chi connectivity index (χ2v) is 7.62. The summed E-state index contributed by atoms with van der Waals surface area (Å²) >= 11 is 0. The molecule has 0 amide bonds. The summed E-state index contributed by atoms with van der Waals surface area (Å²) in [6, 6.07) is 6.74. The van der Waals surface area contributed by atoms with Crippen molar-refractivity contribution in [3.63, 3.8) is 0 Å². The summed E-state index contributed by atoms with van der Waals surface area (Å²) in [5.41, 5.74) is -4.36. The predicted octanol–water partition coefficient (Wildman–Crippen LogP) is 3.14. The van der Waals surface area contributed by atoms with E-state index in [1.807, 2.05) is 0 Å². The third-order valence-electron chi connectivity index (χ3n) is 4.55. The van der Waals surface area contributed by atoms with Crippen molar-refractivity contribution in [2.45, 2.75) is 30.8 Å². The van der Waals surface area contributed by atoms with E-state index in [1.54, 1.807) is 24.3 Å². The molecule has 1 aromatic rings. The van der Waals surface area contributed by atoms with Crippen LogP contribution in [0.5, 0.6) is 5.75 Å². The van der Waals surface area contributed by atoms with Crippen molar-refractivity contribution in [2.75, 3.05) is 20.2 Å². The highest BCUT2D eigenvalue weighted by atomic mass is 32.2. The number of nitrogens with zero attached hydrogens (tertiary/aromatic N) is 1. The lowest BCUT2D eigenvalue weighted by molar-refractivity contribution is -0.0525. The molecule has 1 aromatic carbocycles. The highest BCUT2D eigenvalue weighted by Crippen LogP contribution is 2.38. The van der Waals surface area contributed by atoms with Crippen molar-refractivity contribution in [2.24, 2.45) is 0 Å². The molecule has 138 valence electrons. The SMILES string of the molecule is COc1ccc(C2=C(OS(=O)(=O)C(F)(F)F)C[C@@H]3CCCN3C2)cc1. The molecule has 0 aromatic heterocycles. The smallest absolute Gasteiger partial charge is 0.497 e. The number of hydrogen-bond acceptors (Lipinski definition) is 5. The van der Waals surface area contributed by atoms with Crippen LogP contribution < -0.4 is 4.74 Å². The molecule has 5 nitrogen and oxygen atoms in total. The molecule has 0 bridgehead atoms. The van der Waals surface area contributed by atoms with E-state index in [0.717, 1.165) is 19.4 Å². The summed E-state index contributed by atoms with van der Waals surface area (Å²) in [6.45, 7) is 1.20. The molecule has 1 fully saturated rings. The quantitative estimate of drug-likeness (QED) is 0.596. The molecule has 1 saturated heterocycles. The number of halogens is 3. The predicted molar refractivity (Wildman–Crippen MR) is 85.2 cm³/mol. The maximum atomic E-state index is 12.7. The Morgan fingerprint density at radius 3 is 2.48 bits per heavy atom. The Labute approximate surface area is 144 Å². The molecule has 25 heavy (non-hydrogen) atoms. The van der Waals surface area contributed by atoms with E-state index < -0.39 is 15.6 Å². The molecule has 0 saturated carbocycles. The third kappa shape index (κ3) is 3.62. The minimum Gasteiger partial charge on any atom is -0.497 e. The Balaban J connectivity index is 1.99. The van der Waals surface area contributed by atoms with E-state index in [-0.39, 0.29) is 18.2 Å². The fourth-order valence-corrected chi connectivity index (χ4v) is 3.80. The molecule has 1 atom stereocenters. The summed E-state index contributed by atoms with van der Waals surface area (Å²) in [5.74, 6) is 0.482. The Kier molecular flexibility index (Phi) is 4.72. The van der Waals surface area contributed by atoms with Crippen LogP contribution >= 0.6 is 0 Å². The van der Waals surface area contributed by atoms with Gasteiger partial charge in [-0.1, -0.05) is 12.1 Å². The number of benzene rings is 1. The number of alkyl halides is 3. The van der Waals surface area contributed by atoms with Gasteiger partial charge in [-0.2, -0.15) is 21.6 Å². The van der Waals surface area contributed by atoms with E-state index in [9.17, 15) is 21.6 Å².